The van der Waals surface area contributed by atoms with Gasteiger partial charge in [-0.15, -0.1) is 0 Å². The minimum Gasteiger partial charge on any atom is -0.396 e. The summed E-state index contributed by atoms with van der Waals surface area (Å²) in [5.74, 6) is -4.65. The van der Waals surface area contributed by atoms with Gasteiger partial charge in [0, 0.05) is 143 Å². The van der Waals surface area contributed by atoms with Gasteiger partial charge in [0.2, 0.25) is 35.4 Å². The van der Waals surface area contributed by atoms with E-state index in [1.807, 2.05) is 0 Å². The van der Waals surface area contributed by atoms with Crippen molar-refractivity contribution in [1.29, 1.82) is 0 Å². The Morgan fingerprint density at radius 3 is 1.17 bits per heavy atom. The fourth-order valence-electron chi connectivity index (χ4n) is 11.5. The number of unbranched alkanes of at least 4 members (excludes halogenated alkanes) is 6. The third-order valence-electron chi connectivity index (χ3n) is 16.5. The van der Waals surface area contributed by atoms with Crippen LogP contribution in [0.3, 0.4) is 0 Å². The number of carbonyl (C=O) groups excluding carboxylic acids is 7. The summed E-state index contributed by atoms with van der Waals surface area (Å²) in [6.07, 6.45) is -4.72. The second-order valence-electron chi connectivity index (χ2n) is 23.9. The number of rotatable bonds is 43. The van der Waals surface area contributed by atoms with Crippen LogP contribution in [0.5, 0.6) is 0 Å². The standard InChI is InChI=1S/C58H106N7O23P/c1-36(69)61-49-43(29-39(32-66)52(76)55(49)79)85-26-11-5-8-17-46(73)59-20-14-22-64(48(75)19-10-7-13-28-87-45-31-41(34-68)54(78)57(81)51(45)63-38(3)71)24-16-25-65(58(82)42(72)35-88-89(4,83)84)23-15-21-60-47(74)18-9-6-12-27-86-44-30-40(33-67)53(77)56(80)50(44)62-37(2)70/h39-45,49-57,66-68,72,76-81H,5-35H2,1-4H3,(H,59,73)(H,60,74)(H,61,69)(H,62,70)(H,63,71)(H,83,84)/t39?,40?,41?,42?,43-,44-,45-,49-,50-,51-,52+,53+,54+,55?,56?,57?/m1/s1. The first-order valence-corrected chi connectivity index (χ1v) is 33.6. The van der Waals surface area contributed by atoms with Gasteiger partial charge in [-0.1, -0.05) is 19.3 Å². The van der Waals surface area contributed by atoms with Crippen molar-refractivity contribution in [3.63, 3.8) is 0 Å². The molecule has 89 heavy (non-hydrogen) atoms. The van der Waals surface area contributed by atoms with Crippen LogP contribution < -0.4 is 26.6 Å². The molecule has 3 aliphatic carbocycles. The topological polar surface area (TPSA) is 463 Å². The molecule has 17 atom stereocenters. The van der Waals surface area contributed by atoms with Crippen molar-refractivity contribution in [3.05, 3.63) is 0 Å². The zero-order valence-electron chi connectivity index (χ0n) is 52.3. The lowest BCUT2D eigenvalue weighted by Crippen LogP contribution is -2.61. The normalized spacial score (nSPS) is 28.0. The van der Waals surface area contributed by atoms with E-state index < -0.39 is 141 Å². The van der Waals surface area contributed by atoms with Gasteiger partial charge in [0.1, 0.15) is 18.3 Å². The van der Waals surface area contributed by atoms with Gasteiger partial charge in [-0.25, -0.2) is 0 Å². The molecule has 8 unspecified atom stereocenters. The molecule has 3 saturated carbocycles. The summed E-state index contributed by atoms with van der Waals surface area (Å²) in [6.45, 7) is 4.38. The van der Waals surface area contributed by atoms with E-state index in [0.29, 0.717) is 64.2 Å². The maximum atomic E-state index is 13.9. The molecule has 0 heterocycles. The van der Waals surface area contributed by atoms with E-state index in [1.54, 1.807) is 4.90 Å². The van der Waals surface area contributed by atoms with E-state index in [9.17, 15) is 94.1 Å². The molecule has 0 saturated heterocycles. The number of amides is 7. The summed E-state index contributed by atoms with van der Waals surface area (Å²) < 4.78 is 34.7. The van der Waals surface area contributed by atoms with Gasteiger partial charge in [0.05, 0.1) is 61.4 Å². The van der Waals surface area contributed by atoms with Gasteiger partial charge in [-0.2, -0.15) is 0 Å². The molecule has 516 valence electrons. The molecule has 0 aromatic carbocycles. The summed E-state index contributed by atoms with van der Waals surface area (Å²) in [5.41, 5.74) is 0. The van der Waals surface area contributed by atoms with Crippen LogP contribution in [-0.4, -0.2) is 278 Å². The lowest BCUT2D eigenvalue weighted by Gasteiger charge is -2.42. The van der Waals surface area contributed by atoms with Gasteiger partial charge < -0.3 is 111 Å². The first kappa shape index (κ1) is 79.2. The second kappa shape index (κ2) is 42.2. The summed E-state index contributed by atoms with van der Waals surface area (Å²) in [6, 6.07) is -2.62. The van der Waals surface area contributed by atoms with Crippen LogP contribution in [0.25, 0.3) is 0 Å². The lowest BCUT2D eigenvalue weighted by molar-refractivity contribution is -0.142. The van der Waals surface area contributed by atoms with Crippen LogP contribution >= 0.6 is 7.60 Å². The molecule has 3 rings (SSSR count). The second-order valence-corrected chi connectivity index (χ2v) is 25.8. The fourth-order valence-corrected chi connectivity index (χ4v) is 12.0. The Hall–Kier alpha value is -4.08. The highest BCUT2D eigenvalue weighted by atomic mass is 31.2. The van der Waals surface area contributed by atoms with Crippen molar-refractivity contribution in [3.8, 4) is 0 Å². The van der Waals surface area contributed by atoms with E-state index in [4.69, 9.17) is 18.7 Å². The predicted octanol–water partition coefficient (Wildman–Crippen LogP) is -3.21. The van der Waals surface area contributed by atoms with Crippen LogP contribution in [0.15, 0.2) is 0 Å². The van der Waals surface area contributed by atoms with Crippen LogP contribution in [-0.2, 0) is 56.9 Å². The first-order chi connectivity index (χ1) is 42.2. The molecule has 16 N–H and O–H groups in total. The number of aliphatic hydroxyl groups is 10. The zero-order chi connectivity index (χ0) is 66.2. The molecule has 0 aliphatic heterocycles. The minimum atomic E-state index is -4.07. The Kier molecular flexibility index (Phi) is 37.5. The molecular formula is C58H106N7O23P. The molecule has 0 radical (unpaired) electrons. The van der Waals surface area contributed by atoms with Crippen molar-refractivity contribution in [2.24, 2.45) is 17.8 Å². The molecule has 0 bridgehead atoms. The van der Waals surface area contributed by atoms with E-state index in [-0.39, 0.29) is 141 Å². The SMILES string of the molecule is CC(=O)N[C@H]1C(O)[C@@H](O)C(CO)C[C@H]1OCCCCCC(=O)NCCCN(CCCN(CCCNC(=O)CCCCCO[C@@H]1CC(CO)[C@H](O)C(O)[C@@H]1NC(C)=O)C(=O)C(O)COP(C)(=O)O)C(=O)CCCCCO[C@@H]1CC(CO)[C@H](O)C(O)[C@@H]1NC(C)=O. The van der Waals surface area contributed by atoms with Crippen molar-refractivity contribution >= 4 is 48.9 Å². The number of ether oxygens (including phenoxy) is 3. The van der Waals surface area contributed by atoms with Crippen LogP contribution in [0, 0.1) is 17.8 Å². The smallest absolute Gasteiger partial charge is 0.325 e. The van der Waals surface area contributed by atoms with E-state index in [1.165, 1.54) is 25.7 Å². The summed E-state index contributed by atoms with van der Waals surface area (Å²) in [5, 5.41) is 117. The molecule has 30 nitrogen and oxygen atoms in total. The Morgan fingerprint density at radius 2 is 0.820 bits per heavy atom. The number of carbonyl (C=O) groups is 7. The van der Waals surface area contributed by atoms with Crippen molar-refractivity contribution < 1.29 is 113 Å². The van der Waals surface area contributed by atoms with E-state index >= 15 is 0 Å². The summed E-state index contributed by atoms with van der Waals surface area (Å²) >= 11 is 0. The maximum Gasteiger partial charge on any atom is 0.325 e. The molecule has 31 heteroatoms. The Bertz CT molecular complexity index is 2170. The molecule has 0 spiro atoms. The molecular weight excluding hydrogens is 1190 g/mol. The van der Waals surface area contributed by atoms with Gasteiger partial charge >= 0.3 is 7.60 Å². The first-order valence-electron chi connectivity index (χ1n) is 31.5. The van der Waals surface area contributed by atoms with Crippen LogP contribution in [0.1, 0.15) is 136 Å². The van der Waals surface area contributed by atoms with E-state index in [0.717, 1.165) is 6.66 Å². The van der Waals surface area contributed by atoms with Crippen molar-refractivity contribution in [2.45, 2.75) is 216 Å². The summed E-state index contributed by atoms with van der Waals surface area (Å²) in [4.78, 5) is 101. The highest BCUT2D eigenvalue weighted by Crippen LogP contribution is 2.36. The highest BCUT2D eigenvalue weighted by Gasteiger charge is 2.47. The van der Waals surface area contributed by atoms with Crippen molar-refractivity contribution in [1.82, 2.24) is 36.4 Å². The van der Waals surface area contributed by atoms with Crippen molar-refractivity contribution in [2.75, 3.05) is 92.2 Å². The molecule has 0 aromatic heterocycles. The molecule has 3 fully saturated rings. The fraction of sp³-hybridized carbons (Fsp3) is 0.879. The highest BCUT2D eigenvalue weighted by molar-refractivity contribution is 7.51. The third kappa shape index (κ3) is 29.2. The molecule has 3 aliphatic rings. The number of hydrogen-bond acceptors (Lipinski definition) is 22. The third-order valence-corrected chi connectivity index (χ3v) is 17.1. The number of hydrogen-bond donors (Lipinski definition) is 16. The van der Waals surface area contributed by atoms with Gasteiger partial charge in [-0.05, 0) is 77.0 Å². The maximum absolute atomic E-state index is 13.9. The monoisotopic (exact) mass is 1300 g/mol. The van der Waals surface area contributed by atoms with Crippen LogP contribution in [0.4, 0.5) is 0 Å². The Morgan fingerprint density at radius 1 is 0.483 bits per heavy atom. The largest absolute Gasteiger partial charge is 0.396 e. The average Bonchev–Trinajstić information content (AvgIpc) is 2.04. The quantitative estimate of drug-likeness (QED) is 0.0211. The Balaban J connectivity index is 1.56. The number of nitrogens with one attached hydrogen (secondary N) is 5. The number of aliphatic hydroxyl groups excluding tert-OH is 10. The summed E-state index contributed by atoms with van der Waals surface area (Å²) in [7, 11) is -4.07. The lowest BCUT2D eigenvalue weighted by atomic mass is 9.79. The number of nitrogens with zero attached hydrogens (tertiary/aromatic N) is 2. The van der Waals surface area contributed by atoms with Crippen LogP contribution in [0.2, 0.25) is 0 Å². The minimum absolute atomic E-state index is 0.0264. The van der Waals surface area contributed by atoms with Gasteiger partial charge in [0.25, 0.3) is 5.91 Å². The predicted molar refractivity (Wildman–Crippen MR) is 320 cm³/mol. The van der Waals surface area contributed by atoms with Gasteiger partial charge in [0.15, 0.2) is 6.10 Å². The molecule has 0 aromatic rings. The zero-order valence-corrected chi connectivity index (χ0v) is 53.2. The Labute approximate surface area is 522 Å². The van der Waals surface area contributed by atoms with Gasteiger partial charge in [-0.3, -0.25) is 38.1 Å². The average molecular weight is 1300 g/mol. The molecule has 7 amide bonds. The van der Waals surface area contributed by atoms with E-state index in [2.05, 4.69) is 26.6 Å².